The van der Waals surface area contributed by atoms with E-state index in [1.54, 1.807) is 21.3 Å². The van der Waals surface area contributed by atoms with E-state index in [0.717, 1.165) is 70.1 Å². The maximum Gasteiger partial charge on any atom is 0.203 e. The Hall–Kier alpha value is -1.46. The first-order valence-corrected chi connectivity index (χ1v) is 11.3. The zero-order chi connectivity index (χ0) is 22.2. The van der Waals surface area contributed by atoms with Crippen molar-refractivity contribution < 1.29 is 19.3 Å². The van der Waals surface area contributed by atoms with E-state index in [0.29, 0.717) is 29.7 Å². The van der Waals surface area contributed by atoms with Crippen LogP contribution in [0.1, 0.15) is 31.7 Å². The zero-order valence-corrected chi connectivity index (χ0v) is 22.1. The maximum atomic E-state index is 10.1. The second kappa shape index (κ2) is 13.3. The number of rotatable bonds is 8. The number of aliphatic hydroxyl groups excluding tert-OH is 1. The minimum Gasteiger partial charge on any atom is -0.493 e. The predicted molar refractivity (Wildman–Crippen MR) is 138 cm³/mol. The van der Waals surface area contributed by atoms with E-state index in [2.05, 4.69) is 22.0 Å². The van der Waals surface area contributed by atoms with E-state index in [9.17, 15) is 5.11 Å². The molecule has 1 saturated carbocycles. The summed E-state index contributed by atoms with van der Waals surface area (Å²) in [7, 11) is 4.91. The SMILES string of the molecule is CCNC(=NCC1CCCC1O)N1CCN(Cc2cc(OC)c(OC)c(OC)c2)CC1.I. The van der Waals surface area contributed by atoms with Gasteiger partial charge in [-0.2, -0.15) is 0 Å². The van der Waals surface area contributed by atoms with Crippen molar-refractivity contribution in [2.75, 3.05) is 60.6 Å². The van der Waals surface area contributed by atoms with Crippen molar-refractivity contribution in [3.8, 4) is 17.2 Å². The lowest BCUT2D eigenvalue weighted by molar-refractivity contribution is 0.136. The molecule has 9 heteroatoms. The van der Waals surface area contributed by atoms with Gasteiger partial charge in [0.05, 0.1) is 27.4 Å². The molecule has 1 heterocycles. The fraction of sp³-hybridized carbons (Fsp3) is 0.696. The number of aliphatic hydroxyl groups is 1. The number of halogens is 1. The second-order valence-corrected chi connectivity index (χ2v) is 8.25. The molecule has 3 rings (SSSR count). The fourth-order valence-electron chi connectivity index (χ4n) is 4.46. The molecule has 0 amide bonds. The number of benzene rings is 1. The van der Waals surface area contributed by atoms with Crippen LogP contribution in [0.3, 0.4) is 0 Å². The molecule has 8 nitrogen and oxygen atoms in total. The molecular weight excluding hydrogens is 523 g/mol. The molecule has 0 spiro atoms. The van der Waals surface area contributed by atoms with Gasteiger partial charge in [0.25, 0.3) is 0 Å². The van der Waals surface area contributed by atoms with Crippen molar-refractivity contribution in [1.29, 1.82) is 0 Å². The van der Waals surface area contributed by atoms with Crippen LogP contribution in [-0.4, -0.2) is 87.6 Å². The molecule has 1 aliphatic carbocycles. The van der Waals surface area contributed by atoms with Crippen molar-refractivity contribution in [1.82, 2.24) is 15.1 Å². The number of methoxy groups -OCH3 is 3. The fourth-order valence-corrected chi connectivity index (χ4v) is 4.46. The average Bonchev–Trinajstić information content (AvgIpc) is 3.21. The van der Waals surface area contributed by atoms with E-state index in [1.165, 1.54) is 0 Å². The molecule has 0 aromatic heterocycles. The Bertz CT molecular complexity index is 716. The molecule has 1 saturated heterocycles. The molecule has 2 aliphatic rings. The molecular formula is C23H39IN4O4. The Kier molecular flexibility index (Phi) is 11.1. The summed E-state index contributed by atoms with van der Waals surface area (Å²) in [5.41, 5.74) is 1.14. The number of ether oxygens (including phenoxy) is 3. The van der Waals surface area contributed by atoms with Crippen LogP contribution in [0, 0.1) is 5.92 Å². The van der Waals surface area contributed by atoms with Crippen molar-refractivity contribution in [3.63, 3.8) is 0 Å². The number of aliphatic imine (C=N–C) groups is 1. The van der Waals surface area contributed by atoms with Gasteiger partial charge >= 0.3 is 0 Å². The third kappa shape index (κ3) is 6.77. The molecule has 0 radical (unpaired) electrons. The highest BCUT2D eigenvalue weighted by molar-refractivity contribution is 14.0. The van der Waals surface area contributed by atoms with E-state index in [-0.39, 0.29) is 30.1 Å². The summed E-state index contributed by atoms with van der Waals surface area (Å²) < 4.78 is 16.4. The number of piperazine rings is 1. The van der Waals surface area contributed by atoms with Gasteiger partial charge in [0.2, 0.25) is 5.75 Å². The second-order valence-electron chi connectivity index (χ2n) is 8.25. The van der Waals surface area contributed by atoms with Crippen molar-refractivity contribution in [2.24, 2.45) is 10.9 Å². The Morgan fingerprint density at radius 3 is 2.22 bits per heavy atom. The topological polar surface area (TPSA) is 78.8 Å². The van der Waals surface area contributed by atoms with Crippen LogP contribution in [-0.2, 0) is 6.54 Å². The van der Waals surface area contributed by atoms with Crippen LogP contribution in [0.25, 0.3) is 0 Å². The third-order valence-corrected chi connectivity index (χ3v) is 6.23. The van der Waals surface area contributed by atoms with Crippen LogP contribution in [0.15, 0.2) is 17.1 Å². The first-order chi connectivity index (χ1) is 15.1. The lowest BCUT2D eigenvalue weighted by Gasteiger charge is -2.36. The lowest BCUT2D eigenvalue weighted by Crippen LogP contribution is -2.52. The summed E-state index contributed by atoms with van der Waals surface area (Å²) in [6, 6.07) is 4.04. The van der Waals surface area contributed by atoms with Crippen molar-refractivity contribution >= 4 is 29.9 Å². The molecule has 2 N–H and O–H groups in total. The van der Waals surface area contributed by atoms with Gasteiger partial charge in [0, 0.05) is 51.7 Å². The van der Waals surface area contributed by atoms with Gasteiger partial charge in [-0.25, -0.2) is 0 Å². The van der Waals surface area contributed by atoms with E-state index >= 15 is 0 Å². The average molecular weight is 562 g/mol. The quantitative estimate of drug-likeness (QED) is 0.287. The molecule has 2 atom stereocenters. The van der Waals surface area contributed by atoms with Crippen LogP contribution in [0.4, 0.5) is 0 Å². The molecule has 32 heavy (non-hydrogen) atoms. The number of hydrogen-bond donors (Lipinski definition) is 2. The molecule has 1 aromatic rings. The maximum absolute atomic E-state index is 10.1. The standard InChI is InChI=1S/C23H38N4O4.HI/c1-5-24-23(25-15-18-7-6-8-19(18)28)27-11-9-26(10-12-27)16-17-13-20(29-2)22(31-4)21(14-17)30-3;/h13-14,18-19,28H,5-12,15-16H2,1-4H3,(H,24,25);1H. The van der Waals surface area contributed by atoms with Gasteiger partial charge in [0.1, 0.15) is 0 Å². The summed E-state index contributed by atoms with van der Waals surface area (Å²) in [4.78, 5) is 9.61. The zero-order valence-electron chi connectivity index (χ0n) is 19.8. The molecule has 2 fully saturated rings. The minimum atomic E-state index is -0.193. The highest BCUT2D eigenvalue weighted by Gasteiger charge is 2.26. The Morgan fingerprint density at radius 1 is 1.06 bits per heavy atom. The molecule has 182 valence electrons. The smallest absolute Gasteiger partial charge is 0.203 e. The highest BCUT2D eigenvalue weighted by atomic mass is 127. The minimum absolute atomic E-state index is 0. The Morgan fingerprint density at radius 2 is 1.72 bits per heavy atom. The monoisotopic (exact) mass is 562 g/mol. The third-order valence-electron chi connectivity index (χ3n) is 6.23. The Labute approximate surface area is 209 Å². The highest BCUT2D eigenvalue weighted by Crippen LogP contribution is 2.38. The summed E-state index contributed by atoms with van der Waals surface area (Å²) in [5, 5.41) is 13.5. The van der Waals surface area contributed by atoms with Crippen molar-refractivity contribution in [2.45, 2.75) is 38.8 Å². The van der Waals surface area contributed by atoms with Crippen LogP contribution in [0.5, 0.6) is 17.2 Å². The van der Waals surface area contributed by atoms with E-state index in [4.69, 9.17) is 19.2 Å². The molecule has 1 aromatic carbocycles. The normalized spacial score (nSPS) is 21.8. The van der Waals surface area contributed by atoms with E-state index < -0.39 is 0 Å². The first-order valence-electron chi connectivity index (χ1n) is 11.3. The lowest BCUT2D eigenvalue weighted by atomic mass is 10.1. The summed E-state index contributed by atoms with van der Waals surface area (Å²) in [5.74, 6) is 3.26. The van der Waals surface area contributed by atoms with Crippen LogP contribution >= 0.6 is 24.0 Å². The summed E-state index contributed by atoms with van der Waals surface area (Å²) in [6.07, 6.45) is 2.91. The van der Waals surface area contributed by atoms with Crippen molar-refractivity contribution in [3.05, 3.63) is 17.7 Å². The summed E-state index contributed by atoms with van der Waals surface area (Å²) >= 11 is 0. The van der Waals surface area contributed by atoms with Gasteiger partial charge in [-0.3, -0.25) is 9.89 Å². The number of nitrogens with one attached hydrogen (secondary N) is 1. The van der Waals surface area contributed by atoms with Gasteiger partial charge < -0.3 is 29.5 Å². The first kappa shape index (κ1) is 26.8. The van der Waals surface area contributed by atoms with E-state index in [1.807, 2.05) is 12.1 Å². The summed E-state index contributed by atoms with van der Waals surface area (Å²) in [6.45, 7) is 8.22. The van der Waals surface area contributed by atoms with Crippen LogP contribution in [0.2, 0.25) is 0 Å². The molecule has 2 unspecified atom stereocenters. The Balaban J connectivity index is 0.00000363. The van der Waals surface area contributed by atoms with Gasteiger partial charge in [-0.15, -0.1) is 24.0 Å². The molecule has 0 bridgehead atoms. The van der Waals surface area contributed by atoms with Gasteiger partial charge in [0.15, 0.2) is 17.5 Å². The predicted octanol–water partition coefficient (Wildman–Crippen LogP) is 2.57. The largest absolute Gasteiger partial charge is 0.493 e. The number of guanidine groups is 1. The van der Waals surface area contributed by atoms with Gasteiger partial charge in [-0.05, 0) is 37.5 Å². The molecule has 1 aliphatic heterocycles. The number of nitrogens with zero attached hydrogens (tertiary/aromatic N) is 3. The number of hydrogen-bond acceptors (Lipinski definition) is 6. The van der Waals surface area contributed by atoms with Crippen LogP contribution < -0.4 is 19.5 Å². The van der Waals surface area contributed by atoms with Gasteiger partial charge in [-0.1, -0.05) is 6.42 Å².